The molecule has 2 aromatic rings. The molecule has 1 aliphatic heterocycles. The first-order valence-electron chi connectivity index (χ1n) is 10.8. The molecule has 1 fully saturated rings. The SMILES string of the molecule is O=C(CCC(=O)N1CCN(S(=O)(=O)c2ccc(Cl)cc2)CC1)N[C@@H]1CCc2ccccc21. The molecule has 0 radical (unpaired) electrons. The Morgan fingerprint density at radius 2 is 1.66 bits per heavy atom. The molecule has 2 aromatic carbocycles. The molecule has 4 rings (SSSR count). The minimum absolute atomic E-state index is 0.00965. The number of fused-ring (bicyclic) bond motifs is 1. The van der Waals surface area contributed by atoms with Crippen molar-refractivity contribution >= 4 is 33.4 Å². The Morgan fingerprint density at radius 3 is 2.38 bits per heavy atom. The van der Waals surface area contributed by atoms with E-state index in [0.717, 1.165) is 18.4 Å². The fraction of sp³-hybridized carbons (Fsp3) is 0.391. The quantitative estimate of drug-likeness (QED) is 0.696. The number of amides is 2. The molecule has 0 spiro atoms. The van der Waals surface area contributed by atoms with Gasteiger partial charge in [0.2, 0.25) is 21.8 Å². The summed E-state index contributed by atoms with van der Waals surface area (Å²) in [5.74, 6) is -0.264. The average Bonchev–Trinajstić information content (AvgIpc) is 3.20. The summed E-state index contributed by atoms with van der Waals surface area (Å²) < 4.78 is 26.9. The fourth-order valence-electron chi connectivity index (χ4n) is 4.29. The van der Waals surface area contributed by atoms with E-state index in [0.29, 0.717) is 18.1 Å². The van der Waals surface area contributed by atoms with Crippen LogP contribution < -0.4 is 5.32 Å². The summed E-state index contributed by atoms with van der Waals surface area (Å²) in [5.41, 5.74) is 2.42. The Balaban J connectivity index is 1.24. The van der Waals surface area contributed by atoms with Crippen LogP contribution in [0.5, 0.6) is 0 Å². The largest absolute Gasteiger partial charge is 0.349 e. The van der Waals surface area contributed by atoms with E-state index >= 15 is 0 Å². The lowest BCUT2D eigenvalue weighted by Gasteiger charge is -2.34. The van der Waals surface area contributed by atoms with Gasteiger partial charge in [0, 0.05) is 44.0 Å². The third-order valence-electron chi connectivity index (χ3n) is 6.08. The highest BCUT2D eigenvalue weighted by Crippen LogP contribution is 2.30. The first kappa shape index (κ1) is 22.8. The van der Waals surface area contributed by atoms with Crippen LogP contribution in [-0.2, 0) is 26.0 Å². The first-order valence-corrected chi connectivity index (χ1v) is 12.6. The van der Waals surface area contributed by atoms with Gasteiger partial charge in [-0.2, -0.15) is 4.31 Å². The van der Waals surface area contributed by atoms with Crippen LogP contribution in [0.2, 0.25) is 5.02 Å². The van der Waals surface area contributed by atoms with Crippen LogP contribution in [0.3, 0.4) is 0 Å². The van der Waals surface area contributed by atoms with Gasteiger partial charge < -0.3 is 10.2 Å². The van der Waals surface area contributed by atoms with Crippen LogP contribution in [-0.4, -0.2) is 55.6 Å². The van der Waals surface area contributed by atoms with E-state index in [1.807, 2.05) is 18.2 Å². The molecule has 2 amide bonds. The topological polar surface area (TPSA) is 86.8 Å². The molecule has 0 saturated carbocycles. The van der Waals surface area contributed by atoms with E-state index in [-0.39, 0.29) is 48.7 Å². The monoisotopic (exact) mass is 475 g/mol. The van der Waals surface area contributed by atoms with Gasteiger partial charge in [0.1, 0.15) is 0 Å². The number of sulfonamides is 1. The van der Waals surface area contributed by atoms with Gasteiger partial charge in [0.15, 0.2) is 0 Å². The second-order valence-electron chi connectivity index (χ2n) is 8.10. The number of hydrogen-bond acceptors (Lipinski definition) is 4. The fourth-order valence-corrected chi connectivity index (χ4v) is 5.83. The molecule has 0 bridgehead atoms. The first-order chi connectivity index (χ1) is 15.3. The standard InChI is InChI=1S/C23H26ClN3O4S/c24-18-6-8-19(9-7-18)32(30,31)27-15-13-26(14-16-27)23(29)12-11-22(28)25-21-10-5-17-3-1-2-4-20(17)21/h1-4,6-9,21H,5,10-16H2,(H,25,28)/t21-/m1/s1. The minimum atomic E-state index is -3.62. The Kier molecular flexibility index (Phi) is 6.83. The molecule has 0 aromatic heterocycles. The summed E-state index contributed by atoms with van der Waals surface area (Å²) in [6, 6.07) is 14.2. The molecule has 7 nitrogen and oxygen atoms in total. The van der Waals surface area contributed by atoms with Crippen molar-refractivity contribution in [3.05, 3.63) is 64.7 Å². The van der Waals surface area contributed by atoms with Gasteiger partial charge in [0.25, 0.3) is 0 Å². The number of carbonyl (C=O) groups excluding carboxylic acids is 2. The lowest BCUT2D eigenvalue weighted by molar-refractivity contribution is -0.134. The molecular weight excluding hydrogens is 450 g/mol. The van der Waals surface area contributed by atoms with Crippen molar-refractivity contribution < 1.29 is 18.0 Å². The third kappa shape index (κ3) is 4.98. The van der Waals surface area contributed by atoms with E-state index in [4.69, 9.17) is 11.6 Å². The van der Waals surface area contributed by atoms with E-state index in [1.54, 1.807) is 17.0 Å². The molecule has 2 aliphatic rings. The summed E-state index contributed by atoms with van der Waals surface area (Å²) in [6.07, 6.45) is 2.07. The second kappa shape index (κ2) is 9.60. The average molecular weight is 476 g/mol. The Morgan fingerprint density at radius 1 is 0.969 bits per heavy atom. The smallest absolute Gasteiger partial charge is 0.243 e. The molecular formula is C23H26ClN3O4S. The second-order valence-corrected chi connectivity index (χ2v) is 10.5. The number of piperazine rings is 1. The third-order valence-corrected chi connectivity index (χ3v) is 8.24. The van der Waals surface area contributed by atoms with E-state index in [9.17, 15) is 18.0 Å². The highest BCUT2D eigenvalue weighted by atomic mass is 35.5. The Labute approximate surface area is 193 Å². The maximum Gasteiger partial charge on any atom is 0.243 e. The molecule has 1 heterocycles. The summed E-state index contributed by atoms with van der Waals surface area (Å²) >= 11 is 5.84. The number of aryl methyl sites for hydroxylation is 1. The van der Waals surface area contributed by atoms with Gasteiger partial charge in [-0.3, -0.25) is 9.59 Å². The number of halogens is 1. The molecule has 32 heavy (non-hydrogen) atoms. The van der Waals surface area contributed by atoms with Gasteiger partial charge in [-0.1, -0.05) is 35.9 Å². The maximum absolute atomic E-state index is 12.8. The zero-order chi connectivity index (χ0) is 22.7. The van der Waals surface area contributed by atoms with E-state index in [2.05, 4.69) is 11.4 Å². The Bertz CT molecular complexity index is 1100. The van der Waals surface area contributed by atoms with E-state index < -0.39 is 10.0 Å². The van der Waals surface area contributed by atoms with Crippen molar-refractivity contribution in [3.8, 4) is 0 Å². The molecule has 1 atom stereocenters. The maximum atomic E-state index is 12.8. The molecule has 1 aliphatic carbocycles. The molecule has 170 valence electrons. The van der Waals surface area contributed by atoms with Crippen LogP contribution in [0.15, 0.2) is 53.4 Å². The molecule has 1 N–H and O–H groups in total. The van der Waals surface area contributed by atoms with Crippen molar-refractivity contribution in [1.82, 2.24) is 14.5 Å². The van der Waals surface area contributed by atoms with E-state index in [1.165, 1.54) is 22.0 Å². The number of carbonyl (C=O) groups is 2. The number of nitrogens with one attached hydrogen (secondary N) is 1. The van der Waals surface area contributed by atoms with Crippen LogP contribution in [0.25, 0.3) is 0 Å². The van der Waals surface area contributed by atoms with Gasteiger partial charge in [0.05, 0.1) is 10.9 Å². The van der Waals surface area contributed by atoms with Gasteiger partial charge in [-0.25, -0.2) is 8.42 Å². The van der Waals surface area contributed by atoms with Crippen LogP contribution in [0.1, 0.15) is 36.4 Å². The number of nitrogens with zero attached hydrogens (tertiary/aromatic N) is 2. The van der Waals surface area contributed by atoms with Crippen molar-refractivity contribution in [1.29, 1.82) is 0 Å². The van der Waals surface area contributed by atoms with Crippen molar-refractivity contribution in [2.24, 2.45) is 0 Å². The summed E-state index contributed by atoms with van der Waals surface area (Å²) in [6.45, 7) is 1.07. The van der Waals surface area contributed by atoms with Crippen molar-refractivity contribution in [2.75, 3.05) is 26.2 Å². The van der Waals surface area contributed by atoms with Crippen molar-refractivity contribution in [3.63, 3.8) is 0 Å². The highest BCUT2D eigenvalue weighted by Gasteiger charge is 2.30. The predicted molar refractivity (Wildman–Crippen MR) is 122 cm³/mol. The number of rotatable bonds is 6. The lowest BCUT2D eigenvalue weighted by atomic mass is 10.1. The molecule has 9 heteroatoms. The van der Waals surface area contributed by atoms with Crippen LogP contribution >= 0.6 is 11.6 Å². The zero-order valence-electron chi connectivity index (χ0n) is 17.7. The predicted octanol–water partition coefficient (Wildman–Crippen LogP) is 2.76. The van der Waals surface area contributed by atoms with Crippen molar-refractivity contribution in [2.45, 2.75) is 36.6 Å². The van der Waals surface area contributed by atoms with Gasteiger partial charge in [-0.05, 0) is 48.2 Å². The molecule has 1 saturated heterocycles. The lowest BCUT2D eigenvalue weighted by Crippen LogP contribution is -2.50. The Hall–Kier alpha value is -2.42. The number of benzene rings is 2. The molecule has 0 unspecified atom stereocenters. The van der Waals surface area contributed by atoms with Crippen LogP contribution in [0, 0.1) is 0 Å². The summed E-state index contributed by atoms with van der Waals surface area (Å²) in [7, 11) is -3.62. The minimum Gasteiger partial charge on any atom is -0.349 e. The zero-order valence-corrected chi connectivity index (χ0v) is 19.2. The van der Waals surface area contributed by atoms with Gasteiger partial charge in [-0.15, -0.1) is 0 Å². The normalized spacial score (nSPS) is 18.9. The summed E-state index contributed by atoms with van der Waals surface area (Å²) in [5, 5.41) is 3.51. The highest BCUT2D eigenvalue weighted by molar-refractivity contribution is 7.89. The summed E-state index contributed by atoms with van der Waals surface area (Å²) in [4.78, 5) is 26.8. The van der Waals surface area contributed by atoms with Gasteiger partial charge >= 0.3 is 0 Å². The number of hydrogen-bond donors (Lipinski definition) is 1. The van der Waals surface area contributed by atoms with Crippen LogP contribution in [0.4, 0.5) is 0 Å².